The van der Waals surface area contributed by atoms with Gasteiger partial charge in [-0.15, -0.1) is 0 Å². The summed E-state index contributed by atoms with van der Waals surface area (Å²) in [7, 11) is -2.11. The quantitative estimate of drug-likeness (QED) is 0.474. The lowest BCUT2D eigenvalue weighted by atomic mass is 10.2. The first-order chi connectivity index (χ1) is 16.8. The normalized spacial score (nSPS) is 21.5. The summed E-state index contributed by atoms with van der Waals surface area (Å²) in [5.41, 5.74) is 0.804. The van der Waals surface area contributed by atoms with Crippen LogP contribution < -0.4 is 10.1 Å². The van der Waals surface area contributed by atoms with Gasteiger partial charge in [-0.3, -0.25) is 14.7 Å². The molecule has 0 aliphatic carbocycles. The molecule has 0 saturated carbocycles. The summed E-state index contributed by atoms with van der Waals surface area (Å²) in [5.74, 6) is -0.260. The Morgan fingerprint density at radius 1 is 1.36 bits per heavy atom. The van der Waals surface area contributed by atoms with E-state index in [0.29, 0.717) is 17.6 Å². The second-order valence-electron chi connectivity index (χ2n) is 11.1. The molecule has 4 atom stereocenters. The number of imidazole rings is 1. The van der Waals surface area contributed by atoms with Gasteiger partial charge in [0.1, 0.15) is 18.4 Å². The number of fused-ring (bicyclic) bond motifs is 1. The van der Waals surface area contributed by atoms with Crippen molar-refractivity contribution in [2.45, 2.75) is 97.1 Å². The molecule has 1 saturated heterocycles. The van der Waals surface area contributed by atoms with Crippen molar-refractivity contribution in [3.05, 3.63) is 6.33 Å². The highest BCUT2D eigenvalue weighted by atomic mass is 28.4. The van der Waals surface area contributed by atoms with Gasteiger partial charge in [0.15, 0.2) is 19.5 Å². The van der Waals surface area contributed by atoms with E-state index in [4.69, 9.17) is 19.2 Å². The summed E-state index contributed by atoms with van der Waals surface area (Å²) in [4.78, 5) is 25.7. The number of nitrogens with zero attached hydrogens (tertiary/aromatic N) is 5. The lowest BCUT2D eigenvalue weighted by Crippen LogP contribution is -2.46. The largest absolute Gasteiger partial charge is 0.472 e. The van der Waals surface area contributed by atoms with Crippen LogP contribution in [0.25, 0.3) is 11.2 Å². The van der Waals surface area contributed by atoms with Crippen LogP contribution in [-0.4, -0.2) is 63.8 Å². The minimum atomic E-state index is -2.11. The number of ether oxygens (including phenoxy) is 2. The van der Waals surface area contributed by atoms with Gasteiger partial charge in [0.2, 0.25) is 17.7 Å². The maximum absolute atomic E-state index is 12.3. The Bertz CT molecular complexity index is 1120. The highest BCUT2D eigenvalue weighted by Crippen LogP contribution is 2.41. The number of carbonyl (C=O) groups excluding carboxylic acids is 1. The van der Waals surface area contributed by atoms with Crippen LogP contribution in [0.2, 0.25) is 18.1 Å². The van der Waals surface area contributed by atoms with Crippen LogP contribution >= 0.6 is 0 Å². The van der Waals surface area contributed by atoms with Crippen LogP contribution in [0.1, 0.15) is 60.6 Å². The molecule has 0 bridgehead atoms. The summed E-state index contributed by atoms with van der Waals surface area (Å²) >= 11 is 0. The maximum atomic E-state index is 12.3. The Morgan fingerprint density at radius 3 is 2.64 bits per heavy atom. The molecule has 1 aliphatic rings. The summed E-state index contributed by atoms with van der Waals surface area (Å²) in [5, 5.41) is 21.8. The number of anilines is 1. The number of nitrogens with one attached hydrogen (secondary N) is 1. The van der Waals surface area contributed by atoms with Gasteiger partial charge in [-0.2, -0.15) is 15.2 Å². The number of amides is 1. The van der Waals surface area contributed by atoms with Gasteiger partial charge < -0.3 is 19.0 Å². The third-order valence-corrected chi connectivity index (χ3v) is 11.3. The van der Waals surface area contributed by atoms with Crippen molar-refractivity contribution in [1.82, 2.24) is 19.5 Å². The topological polar surface area (TPSA) is 144 Å². The summed E-state index contributed by atoms with van der Waals surface area (Å²) in [6.45, 7) is 16.0. The SMILES string of the molecule is CC(C)C(=O)Nc1nc(O[C@H](C)CC#N)c2ncn([C@H]3C[C@H](O[Si](C)(C)C(C)(C)C)[C@@H](CO)O3)c2n1. The minimum absolute atomic E-state index is 0.00982. The predicted molar refractivity (Wildman–Crippen MR) is 137 cm³/mol. The molecule has 0 spiro atoms. The third kappa shape index (κ3) is 6.03. The zero-order chi connectivity index (χ0) is 26.8. The first kappa shape index (κ1) is 28.0. The van der Waals surface area contributed by atoms with Crippen LogP contribution in [0.15, 0.2) is 6.33 Å². The van der Waals surface area contributed by atoms with Gasteiger partial charge in [-0.1, -0.05) is 34.6 Å². The lowest BCUT2D eigenvalue weighted by molar-refractivity contribution is -0.118. The average Bonchev–Trinajstić information content (AvgIpc) is 3.36. The lowest BCUT2D eigenvalue weighted by Gasteiger charge is -2.39. The highest BCUT2D eigenvalue weighted by Gasteiger charge is 2.45. The van der Waals surface area contributed by atoms with Crippen molar-refractivity contribution in [2.75, 3.05) is 11.9 Å². The molecule has 2 aromatic rings. The molecule has 36 heavy (non-hydrogen) atoms. The van der Waals surface area contributed by atoms with E-state index in [9.17, 15) is 9.90 Å². The fraction of sp³-hybridized carbons (Fsp3) is 0.708. The van der Waals surface area contributed by atoms with Crippen molar-refractivity contribution in [1.29, 1.82) is 5.26 Å². The third-order valence-electron chi connectivity index (χ3n) is 6.76. The zero-order valence-electron chi connectivity index (χ0n) is 22.4. The second-order valence-corrected chi connectivity index (χ2v) is 15.8. The molecule has 1 amide bonds. The van der Waals surface area contributed by atoms with Crippen molar-refractivity contribution in [3.8, 4) is 11.9 Å². The van der Waals surface area contributed by atoms with Gasteiger partial charge in [-0.25, -0.2) is 4.98 Å². The molecule has 3 rings (SSSR count). The summed E-state index contributed by atoms with van der Waals surface area (Å²) in [6, 6.07) is 2.07. The van der Waals surface area contributed by atoms with Gasteiger partial charge in [-0.05, 0) is 25.1 Å². The Balaban J connectivity index is 1.98. The summed E-state index contributed by atoms with van der Waals surface area (Å²) < 4.78 is 20.4. The van der Waals surface area contributed by atoms with Gasteiger partial charge in [0, 0.05) is 12.3 Å². The number of aliphatic hydroxyl groups excluding tert-OH is 1. The molecular formula is C24H38N6O5Si. The molecule has 11 nitrogen and oxygen atoms in total. The van der Waals surface area contributed by atoms with Crippen molar-refractivity contribution in [2.24, 2.45) is 5.92 Å². The number of carbonyl (C=O) groups is 1. The standard InChI is InChI=1S/C24H38N6O5Si/c1-14(2)21(32)28-23-27-20-19(22(29-23)33-15(3)9-10-25)26-13-30(20)18-11-16(17(12-31)34-18)35-36(7,8)24(4,5)6/h13-18,31H,9,11-12H2,1-8H3,(H,27,28,29,32)/t15-,16+,17-,18-/m1/s1. The Hall–Kier alpha value is -2.59. The zero-order valence-corrected chi connectivity index (χ0v) is 23.4. The van der Waals surface area contributed by atoms with Crippen molar-refractivity contribution in [3.63, 3.8) is 0 Å². The van der Waals surface area contributed by atoms with Gasteiger partial charge in [0.25, 0.3) is 0 Å². The van der Waals surface area contributed by atoms with Crippen molar-refractivity contribution < 1.29 is 23.8 Å². The fourth-order valence-electron chi connectivity index (χ4n) is 3.57. The molecule has 3 heterocycles. The Kier molecular flexibility index (Phi) is 8.39. The molecule has 1 fully saturated rings. The number of hydrogen-bond acceptors (Lipinski definition) is 9. The van der Waals surface area contributed by atoms with E-state index in [1.165, 1.54) is 0 Å². The maximum Gasteiger partial charge on any atom is 0.247 e. The van der Waals surface area contributed by atoms with Crippen molar-refractivity contribution >= 4 is 31.3 Å². The molecule has 0 unspecified atom stereocenters. The van der Waals surface area contributed by atoms with E-state index in [1.54, 1.807) is 31.7 Å². The molecule has 0 radical (unpaired) electrons. The first-order valence-corrected chi connectivity index (χ1v) is 15.2. The van der Waals surface area contributed by atoms with E-state index in [1.807, 2.05) is 0 Å². The molecule has 198 valence electrons. The van der Waals surface area contributed by atoms with Gasteiger partial charge in [0.05, 0.1) is 31.5 Å². The number of aromatic nitrogens is 4. The fourth-order valence-corrected chi connectivity index (χ4v) is 4.93. The van der Waals surface area contributed by atoms with E-state index in [2.05, 4.69) is 60.2 Å². The van der Waals surface area contributed by atoms with Crippen LogP contribution in [0, 0.1) is 17.2 Å². The second kappa shape index (κ2) is 10.8. The van der Waals surface area contributed by atoms with Crippen LogP contribution in [-0.2, 0) is 14.0 Å². The monoisotopic (exact) mass is 518 g/mol. The Labute approximate surface area is 213 Å². The molecule has 0 aromatic carbocycles. The van der Waals surface area contributed by atoms with Crippen LogP contribution in [0.3, 0.4) is 0 Å². The minimum Gasteiger partial charge on any atom is -0.472 e. The van der Waals surface area contributed by atoms with E-state index >= 15 is 0 Å². The summed E-state index contributed by atoms with van der Waals surface area (Å²) in [6.07, 6.45) is 0.550. The first-order valence-electron chi connectivity index (χ1n) is 12.3. The molecular weight excluding hydrogens is 480 g/mol. The highest BCUT2D eigenvalue weighted by molar-refractivity contribution is 6.74. The number of hydrogen-bond donors (Lipinski definition) is 2. The van der Waals surface area contributed by atoms with E-state index in [0.717, 1.165) is 0 Å². The molecule has 12 heteroatoms. The number of aliphatic hydroxyl groups is 1. The Morgan fingerprint density at radius 2 is 2.06 bits per heavy atom. The number of nitriles is 1. The average molecular weight is 519 g/mol. The van der Waals surface area contributed by atoms with Gasteiger partial charge >= 0.3 is 0 Å². The molecule has 1 aliphatic heterocycles. The number of rotatable bonds is 9. The van der Waals surface area contributed by atoms with E-state index < -0.39 is 26.8 Å². The molecule has 2 aromatic heterocycles. The van der Waals surface area contributed by atoms with E-state index in [-0.39, 0.29) is 47.8 Å². The molecule has 2 N–H and O–H groups in total. The predicted octanol–water partition coefficient (Wildman–Crippen LogP) is 3.77. The van der Waals surface area contributed by atoms with Crippen LogP contribution in [0.4, 0.5) is 5.95 Å². The van der Waals surface area contributed by atoms with Crippen LogP contribution in [0.5, 0.6) is 5.88 Å². The smallest absolute Gasteiger partial charge is 0.247 e.